The number of halogens is 1. The van der Waals surface area contributed by atoms with Gasteiger partial charge in [0.1, 0.15) is 5.52 Å². The van der Waals surface area contributed by atoms with Gasteiger partial charge in [0, 0.05) is 24.5 Å². The summed E-state index contributed by atoms with van der Waals surface area (Å²) >= 11 is 0. The number of para-hydroxylation sites is 1. The van der Waals surface area contributed by atoms with E-state index in [0.717, 1.165) is 36.7 Å². The molecule has 1 aromatic carbocycles. The second kappa shape index (κ2) is 7.44. The molecule has 1 amide bonds. The third-order valence-electron chi connectivity index (χ3n) is 6.54. The number of nitrogens with zero attached hydrogens (tertiary/aromatic N) is 2. The number of oxazole rings is 1. The summed E-state index contributed by atoms with van der Waals surface area (Å²) in [6, 6.07) is 7.17. The van der Waals surface area contributed by atoms with Crippen LogP contribution < -0.4 is 5.32 Å². The zero-order valence-electron chi connectivity index (χ0n) is 15.8. The van der Waals surface area contributed by atoms with Gasteiger partial charge in [-0.05, 0) is 63.6 Å². The molecule has 1 aliphatic carbocycles. The first-order valence-corrected chi connectivity index (χ1v) is 10.1. The van der Waals surface area contributed by atoms with Crippen LogP contribution in [0.25, 0.3) is 11.1 Å². The third kappa shape index (κ3) is 3.72. The van der Waals surface area contributed by atoms with Crippen molar-refractivity contribution in [1.82, 2.24) is 15.2 Å². The summed E-state index contributed by atoms with van der Waals surface area (Å²) in [7, 11) is 2.24. The zero-order chi connectivity index (χ0) is 17.7. The third-order valence-corrected chi connectivity index (χ3v) is 6.54. The van der Waals surface area contributed by atoms with E-state index in [1.165, 1.54) is 32.1 Å². The van der Waals surface area contributed by atoms with Gasteiger partial charge in [-0.1, -0.05) is 12.5 Å². The highest BCUT2D eigenvalue weighted by Gasteiger charge is 2.36. The van der Waals surface area contributed by atoms with Gasteiger partial charge in [0.2, 0.25) is 0 Å². The number of carbonyl (C=O) groups excluding carboxylic acids is 1. The Morgan fingerprint density at radius 1 is 1.22 bits per heavy atom. The van der Waals surface area contributed by atoms with Crippen LogP contribution in [0.4, 0.5) is 0 Å². The van der Waals surface area contributed by atoms with E-state index in [4.69, 9.17) is 4.42 Å². The minimum atomic E-state index is -0.00509. The van der Waals surface area contributed by atoms with E-state index in [9.17, 15) is 4.79 Å². The smallest absolute Gasteiger partial charge is 0.253 e. The zero-order valence-corrected chi connectivity index (χ0v) is 16.6. The quantitative estimate of drug-likeness (QED) is 0.860. The van der Waals surface area contributed by atoms with E-state index in [0.29, 0.717) is 23.2 Å². The summed E-state index contributed by atoms with van der Waals surface area (Å²) in [6.45, 7) is 0. The van der Waals surface area contributed by atoms with Crippen LogP contribution in [-0.4, -0.2) is 41.0 Å². The molecular weight excluding hydrogens is 362 g/mol. The molecule has 3 fully saturated rings. The Kier molecular flexibility index (Phi) is 5.17. The number of carbonyl (C=O) groups is 1. The number of amides is 1. The van der Waals surface area contributed by atoms with Crippen LogP contribution >= 0.6 is 12.4 Å². The predicted octanol–water partition coefficient (Wildman–Crippen LogP) is 3.95. The average Bonchev–Trinajstić information content (AvgIpc) is 3.31. The largest absolute Gasteiger partial charge is 0.441 e. The van der Waals surface area contributed by atoms with Crippen LogP contribution in [0.3, 0.4) is 0 Å². The molecular formula is C21H28ClN3O2. The van der Waals surface area contributed by atoms with E-state index >= 15 is 0 Å². The molecule has 0 radical (unpaired) electrons. The van der Waals surface area contributed by atoms with Crippen molar-refractivity contribution < 1.29 is 9.21 Å². The lowest BCUT2D eigenvalue weighted by Gasteiger charge is -2.47. The van der Waals surface area contributed by atoms with Crippen molar-refractivity contribution in [2.75, 3.05) is 7.05 Å². The molecule has 2 aliphatic heterocycles. The second-order valence-corrected chi connectivity index (χ2v) is 8.45. The number of nitrogens with one attached hydrogen (secondary N) is 1. The number of aromatic nitrogens is 1. The molecule has 1 aromatic heterocycles. The Balaban J connectivity index is 0.00000180. The lowest BCUT2D eigenvalue weighted by molar-refractivity contribution is 0.0463. The van der Waals surface area contributed by atoms with Crippen molar-refractivity contribution in [2.45, 2.75) is 69.5 Å². The summed E-state index contributed by atoms with van der Waals surface area (Å²) in [5, 5.41) is 3.29. The summed E-state index contributed by atoms with van der Waals surface area (Å²) in [5.41, 5.74) is 2.10. The molecule has 2 unspecified atom stereocenters. The maximum Gasteiger partial charge on any atom is 0.253 e. The van der Waals surface area contributed by atoms with Crippen molar-refractivity contribution in [2.24, 2.45) is 5.92 Å². The van der Waals surface area contributed by atoms with Gasteiger partial charge in [0.05, 0.1) is 5.56 Å². The molecule has 0 spiro atoms. The SMILES string of the molecule is CN1C2CCCC1CC(NC(=O)c1cccc3oc(CC4CC4)nc13)C2.Cl. The van der Waals surface area contributed by atoms with Crippen molar-refractivity contribution in [3.05, 3.63) is 29.7 Å². The first-order valence-electron chi connectivity index (χ1n) is 10.1. The molecule has 1 N–H and O–H groups in total. The van der Waals surface area contributed by atoms with Gasteiger partial charge in [-0.15, -0.1) is 12.4 Å². The van der Waals surface area contributed by atoms with E-state index in [-0.39, 0.29) is 24.4 Å². The van der Waals surface area contributed by atoms with Crippen LogP contribution in [0.2, 0.25) is 0 Å². The molecule has 2 bridgehead atoms. The molecule has 3 aliphatic rings. The Labute approximate surface area is 166 Å². The summed E-state index contributed by atoms with van der Waals surface area (Å²) in [5.74, 6) is 1.49. The van der Waals surface area contributed by atoms with Gasteiger partial charge < -0.3 is 14.6 Å². The number of hydrogen-bond donors (Lipinski definition) is 1. The van der Waals surface area contributed by atoms with Gasteiger partial charge in [-0.3, -0.25) is 4.79 Å². The normalized spacial score (nSPS) is 28.0. The molecule has 2 saturated heterocycles. The summed E-state index contributed by atoms with van der Waals surface area (Å²) in [6.07, 6.45) is 9.37. The van der Waals surface area contributed by atoms with Crippen molar-refractivity contribution in [3.63, 3.8) is 0 Å². The molecule has 5 nitrogen and oxygen atoms in total. The summed E-state index contributed by atoms with van der Waals surface area (Å²) < 4.78 is 5.88. The van der Waals surface area contributed by atoms with E-state index in [1.807, 2.05) is 18.2 Å². The van der Waals surface area contributed by atoms with Crippen LogP contribution in [0.5, 0.6) is 0 Å². The van der Waals surface area contributed by atoms with Crippen LogP contribution in [0.1, 0.15) is 61.2 Å². The van der Waals surface area contributed by atoms with Gasteiger partial charge in [-0.2, -0.15) is 0 Å². The van der Waals surface area contributed by atoms with Gasteiger partial charge in [-0.25, -0.2) is 4.98 Å². The van der Waals surface area contributed by atoms with Crippen molar-refractivity contribution >= 4 is 29.4 Å². The van der Waals surface area contributed by atoms with E-state index in [1.54, 1.807) is 0 Å². The molecule has 2 atom stereocenters. The Hall–Kier alpha value is -1.59. The molecule has 3 heterocycles. The maximum atomic E-state index is 13.0. The fourth-order valence-corrected chi connectivity index (χ4v) is 4.83. The van der Waals surface area contributed by atoms with Crippen molar-refractivity contribution in [1.29, 1.82) is 0 Å². The topological polar surface area (TPSA) is 58.4 Å². The lowest BCUT2D eigenvalue weighted by atomic mass is 9.82. The minimum absolute atomic E-state index is 0. The lowest BCUT2D eigenvalue weighted by Crippen LogP contribution is -2.55. The van der Waals surface area contributed by atoms with E-state index < -0.39 is 0 Å². The molecule has 27 heavy (non-hydrogen) atoms. The Morgan fingerprint density at radius 3 is 2.67 bits per heavy atom. The number of benzene rings is 1. The number of hydrogen-bond acceptors (Lipinski definition) is 4. The Morgan fingerprint density at radius 2 is 1.96 bits per heavy atom. The fraction of sp³-hybridized carbons (Fsp3) is 0.619. The first kappa shape index (κ1) is 18.8. The summed E-state index contributed by atoms with van der Waals surface area (Å²) in [4.78, 5) is 20.1. The van der Waals surface area contributed by atoms with Crippen LogP contribution in [0.15, 0.2) is 22.6 Å². The first-order chi connectivity index (χ1) is 12.7. The highest BCUT2D eigenvalue weighted by molar-refractivity contribution is 6.04. The van der Waals surface area contributed by atoms with Gasteiger partial charge in [0.25, 0.3) is 5.91 Å². The second-order valence-electron chi connectivity index (χ2n) is 8.45. The minimum Gasteiger partial charge on any atom is -0.441 e. The highest BCUT2D eigenvalue weighted by Crippen LogP contribution is 2.34. The van der Waals surface area contributed by atoms with Gasteiger partial charge in [0.15, 0.2) is 11.5 Å². The molecule has 2 aromatic rings. The van der Waals surface area contributed by atoms with E-state index in [2.05, 4.69) is 22.2 Å². The van der Waals surface area contributed by atoms with Gasteiger partial charge >= 0.3 is 0 Å². The number of fused-ring (bicyclic) bond motifs is 3. The predicted molar refractivity (Wildman–Crippen MR) is 107 cm³/mol. The Bertz CT molecular complexity index is 818. The molecule has 5 rings (SSSR count). The monoisotopic (exact) mass is 389 g/mol. The van der Waals surface area contributed by atoms with Crippen molar-refractivity contribution in [3.8, 4) is 0 Å². The number of piperidine rings is 2. The molecule has 1 saturated carbocycles. The molecule has 6 heteroatoms. The molecule has 146 valence electrons. The fourth-order valence-electron chi connectivity index (χ4n) is 4.83. The number of rotatable bonds is 4. The maximum absolute atomic E-state index is 13.0. The standard InChI is InChI=1S/C21H27N3O2.ClH/c1-24-15-4-2-5-16(24)12-14(11-15)22-21(25)17-6-3-7-18-20(17)23-19(26-18)10-13-8-9-13;/h3,6-7,13-16H,2,4-5,8-12H2,1H3,(H,22,25);1H. The average molecular weight is 390 g/mol. The highest BCUT2D eigenvalue weighted by atomic mass is 35.5. The van der Waals surface area contributed by atoms with Crippen LogP contribution in [-0.2, 0) is 6.42 Å². The van der Waals surface area contributed by atoms with Crippen LogP contribution in [0, 0.1) is 5.92 Å².